The molecule has 0 aromatic carbocycles. The lowest BCUT2D eigenvalue weighted by Crippen LogP contribution is -2.52. The van der Waals surface area contributed by atoms with Gasteiger partial charge in [0, 0.05) is 18.1 Å². The minimum atomic E-state index is 0.947. The van der Waals surface area contributed by atoms with Gasteiger partial charge in [-0.05, 0) is 58.0 Å². The Balaban J connectivity index is 1.65. The van der Waals surface area contributed by atoms with Crippen molar-refractivity contribution in [2.75, 3.05) is 13.6 Å². The molecule has 80 valence electrons. The fourth-order valence-electron chi connectivity index (χ4n) is 3.94. The van der Waals surface area contributed by atoms with Crippen LogP contribution < -0.4 is 5.32 Å². The second-order valence-electron chi connectivity index (χ2n) is 5.37. The van der Waals surface area contributed by atoms with Crippen molar-refractivity contribution < 1.29 is 0 Å². The van der Waals surface area contributed by atoms with Crippen LogP contribution in [0.4, 0.5) is 0 Å². The van der Waals surface area contributed by atoms with Gasteiger partial charge in [0.05, 0.1) is 0 Å². The van der Waals surface area contributed by atoms with Crippen molar-refractivity contribution >= 4 is 0 Å². The molecule has 1 saturated carbocycles. The zero-order valence-electron chi connectivity index (χ0n) is 9.21. The average molecular weight is 194 g/mol. The first-order valence-corrected chi connectivity index (χ1v) is 6.32. The summed E-state index contributed by atoms with van der Waals surface area (Å²) in [7, 11) is 2.09. The van der Waals surface area contributed by atoms with E-state index in [1.807, 2.05) is 0 Å². The molecular weight excluding hydrogens is 172 g/mol. The Bertz CT molecular complexity index is 196. The predicted molar refractivity (Wildman–Crippen MR) is 58.3 cm³/mol. The van der Waals surface area contributed by atoms with Crippen molar-refractivity contribution in [2.45, 2.75) is 56.7 Å². The summed E-state index contributed by atoms with van der Waals surface area (Å²) >= 11 is 0. The quantitative estimate of drug-likeness (QED) is 0.734. The van der Waals surface area contributed by atoms with Crippen LogP contribution in [-0.4, -0.2) is 36.6 Å². The molecule has 1 aliphatic carbocycles. The maximum atomic E-state index is 3.35. The van der Waals surface area contributed by atoms with Crippen LogP contribution in [0, 0.1) is 5.92 Å². The number of hydrogen-bond donors (Lipinski definition) is 1. The van der Waals surface area contributed by atoms with E-state index >= 15 is 0 Å². The van der Waals surface area contributed by atoms with Crippen LogP contribution >= 0.6 is 0 Å². The maximum absolute atomic E-state index is 3.35. The highest BCUT2D eigenvalue weighted by atomic mass is 15.3. The minimum Gasteiger partial charge on any atom is -0.319 e. The Labute approximate surface area is 87.0 Å². The SMILES string of the molecule is CNCC1CCC1N1C2CCC1CC2. The van der Waals surface area contributed by atoms with Gasteiger partial charge >= 0.3 is 0 Å². The smallest absolute Gasteiger partial charge is 0.0142 e. The largest absolute Gasteiger partial charge is 0.319 e. The van der Waals surface area contributed by atoms with Crippen molar-refractivity contribution in [3.05, 3.63) is 0 Å². The first-order valence-electron chi connectivity index (χ1n) is 6.32. The molecule has 3 aliphatic rings. The van der Waals surface area contributed by atoms with E-state index in [1.165, 1.54) is 45.1 Å². The fraction of sp³-hybridized carbons (Fsp3) is 1.00. The van der Waals surface area contributed by atoms with E-state index in [-0.39, 0.29) is 0 Å². The summed E-state index contributed by atoms with van der Waals surface area (Å²) in [6.45, 7) is 1.24. The molecule has 2 heterocycles. The predicted octanol–water partition coefficient (Wildman–Crippen LogP) is 1.61. The van der Waals surface area contributed by atoms with E-state index in [2.05, 4.69) is 17.3 Å². The topological polar surface area (TPSA) is 15.3 Å². The Hall–Kier alpha value is -0.0800. The van der Waals surface area contributed by atoms with Crippen LogP contribution in [0.1, 0.15) is 38.5 Å². The summed E-state index contributed by atoms with van der Waals surface area (Å²) in [4.78, 5) is 2.89. The number of hydrogen-bond acceptors (Lipinski definition) is 2. The second kappa shape index (κ2) is 3.49. The van der Waals surface area contributed by atoms with Crippen molar-refractivity contribution in [1.29, 1.82) is 0 Å². The first kappa shape index (κ1) is 9.17. The molecule has 0 radical (unpaired) electrons. The molecule has 2 heteroatoms. The monoisotopic (exact) mass is 194 g/mol. The van der Waals surface area contributed by atoms with Gasteiger partial charge in [-0.2, -0.15) is 0 Å². The van der Waals surface area contributed by atoms with Crippen LogP contribution in [0.5, 0.6) is 0 Å². The average Bonchev–Trinajstić information content (AvgIpc) is 2.73. The molecule has 2 atom stereocenters. The zero-order chi connectivity index (χ0) is 9.54. The van der Waals surface area contributed by atoms with Gasteiger partial charge in [0.15, 0.2) is 0 Å². The van der Waals surface area contributed by atoms with E-state index < -0.39 is 0 Å². The second-order valence-corrected chi connectivity index (χ2v) is 5.37. The van der Waals surface area contributed by atoms with Crippen molar-refractivity contribution in [2.24, 2.45) is 5.92 Å². The van der Waals surface area contributed by atoms with E-state index in [4.69, 9.17) is 0 Å². The van der Waals surface area contributed by atoms with E-state index in [0.717, 1.165) is 24.0 Å². The third kappa shape index (κ3) is 1.24. The summed E-state index contributed by atoms with van der Waals surface area (Å²) in [5.41, 5.74) is 0. The van der Waals surface area contributed by atoms with Crippen molar-refractivity contribution in [3.8, 4) is 0 Å². The number of nitrogens with zero attached hydrogens (tertiary/aromatic N) is 1. The molecule has 3 fully saturated rings. The highest BCUT2D eigenvalue weighted by molar-refractivity contribution is 5.02. The van der Waals surface area contributed by atoms with Crippen molar-refractivity contribution in [3.63, 3.8) is 0 Å². The third-order valence-corrected chi connectivity index (χ3v) is 4.74. The third-order valence-electron chi connectivity index (χ3n) is 4.74. The number of rotatable bonds is 3. The normalized spacial score (nSPS) is 46.9. The molecular formula is C12H22N2. The van der Waals surface area contributed by atoms with Crippen LogP contribution in [0.15, 0.2) is 0 Å². The van der Waals surface area contributed by atoms with Gasteiger partial charge in [0.25, 0.3) is 0 Å². The molecule has 3 rings (SSSR count). The lowest BCUT2D eigenvalue weighted by Gasteiger charge is -2.45. The van der Waals surface area contributed by atoms with E-state index in [0.29, 0.717) is 0 Å². The summed E-state index contributed by atoms with van der Waals surface area (Å²) in [5.74, 6) is 0.959. The Morgan fingerprint density at radius 1 is 1.00 bits per heavy atom. The fourth-order valence-corrected chi connectivity index (χ4v) is 3.94. The van der Waals surface area contributed by atoms with Crippen molar-refractivity contribution in [1.82, 2.24) is 10.2 Å². The molecule has 2 aliphatic heterocycles. The van der Waals surface area contributed by atoms with E-state index in [1.54, 1.807) is 0 Å². The van der Waals surface area contributed by atoms with E-state index in [9.17, 15) is 0 Å². The summed E-state index contributed by atoms with van der Waals surface area (Å²) in [6, 6.07) is 2.90. The molecule has 0 amide bonds. The number of fused-ring (bicyclic) bond motifs is 2. The van der Waals surface area contributed by atoms with Gasteiger partial charge in [0.1, 0.15) is 0 Å². The van der Waals surface area contributed by atoms with Crippen LogP contribution in [0.2, 0.25) is 0 Å². The summed E-state index contributed by atoms with van der Waals surface area (Å²) < 4.78 is 0. The Kier molecular flexibility index (Phi) is 2.29. The molecule has 1 N–H and O–H groups in total. The molecule has 0 spiro atoms. The maximum Gasteiger partial charge on any atom is 0.0142 e. The van der Waals surface area contributed by atoms with Crippen LogP contribution in [0.3, 0.4) is 0 Å². The summed E-state index contributed by atoms with van der Waals surface area (Å²) in [5, 5.41) is 3.35. The lowest BCUT2D eigenvalue weighted by molar-refractivity contribution is 0.0490. The minimum absolute atomic E-state index is 0.947. The van der Waals surface area contributed by atoms with Crippen LogP contribution in [-0.2, 0) is 0 Å². The standard InChI is InChI=1S/C12H22N2/c1-13-8-9-2-7-12(9)14-10-3-4-11(14)6-5-10/h9-13H,2-8H2,1H3. The zero-order valence-corrected chi connectivity index (χ0v) is 9.21. The molecule has 2 nitrogen and oxygen atoms in total. The first-order chi connectivity index (χ1) is 6.90. The van der Waals surface area contributed by atoms with Gasteiger partial charge in [-0.15, -0.1) is 0 Å². The molecule has 14 heavy (non-hydrogen) atoms. The molecule has 0 aromatic heterocycles. The summed E-state index contributed by atoms with van der Waals surface area (Å²) in [6.07, 6.45) is 8.91. The Morgan fingerprint density at radius 2 is 1.64 bits per heavy atom. The highest BCUT2D eigenvalue weighted by Crippen LogP contribution is 2.45. The van der Waals surface area contributed by atoms with Gasteiger partial charge in [-0.25, -0.2) is 0 Å². The van der Waals surface area contributed by atoms with Gasteiger partial charge in [-0.3, -0.25) is 4.90 Å². The van der Waals surface area contributed by atoms with Crippen LogP contribution in [0.25, 0.3) is 0 Å². The van der Waals surface area contributed by atoms with Gasteiger partial charge < -0.3 is 5.32 Å². The Morgan fingerprint density at radius 3 is 2.07 bits per heavy atom. The molecule has 2 unspecified atom stereocenters. The highest BCUT2D eigenvalue weighted by Gasteiger charge is 2.47. The number of nitrogens with one attached hydrogen (secondary N) is 1. The van der Waals surface area contributed by atoms with Gasteiger partial charge in [-0.1, -0.05) is 0 Å². The molecule has 2 saturated heterocycles. The van der Waals surface area contributed by atoms with Gasteiger partial charge in [0.2, 0.25) is 0 Å². The molecule has 2 bridgehead atoms. The lowest BCUT2D eigenvalue weighted by atomic mass is 9.78. The molecule has 0 aromatic rings.